The maximum absolute atomic E-state index is 13.4. The second kappa shape index (κ2) is 9.15. The van der Waals surface area contributed by atoms with Crippen molar-refractivity contribution in [3.05, 3.63) is 78.0 Å². The van der Waals surface area contributed by atoms with Crippen molar-refractivity contribution in [1.29, 1.82) is 0 Å². The molecule has 1 amide bonds. The summed E-state index contributed by atoms with van der Waals surface area (Å²) >= 11 is 0. The van der Waals surface area contributed by atoms with Crippen LogP contribution >= 0.6 is 0 Å². The van der Waals surface area contributed by atoms with Gasteiger partial charge in [0.25, 0.3) is 5.91 Å². The van der Waals surface area contributed by atoms with Crippen molar-refractivity contribution in [2.24, 2.45) is 0 Å². The van der Waals surface area contributed by atoms with Gasteiger partial charge < -0.3 is 24.6 Å². The predicted octanol–water partition coefficient (Wildman–Crippen LogP) is 2.60. The van der Waals surface area contributed by atoms with Gasteiger partial charge in [-0.05, 0) is 29.3 Å². The van der Waals surface area contributed by atoms with Crippen LogP contribution in [0.2, 0.25) is 0 Å². The largest absolute Gasteiger partial charge is 0.395 e. The van der Waals surface area contributed by atoms with Gasteiger partial charge in [0.05, 0.1) is 24.5 Å². The van der Waals surface area contributed by atoms with Gasteiger partial charge in [-0.25, -0.2) is 0 Å². The molecule has 1 fully saturated rings. The molecule has 1 saturated heterocycles. The molecule has 0 bridgehead atoms. The summed E-state index contributed by atoms with van der Waals surface area (Å²) in [5, 5.41) is 18.8. The minimum absolute atomic E-state index is 0.0215. The Labute approximate surface area is 176 Å². The fraction of sp³-hybridized carbons (Fsp3) is 0.292. The number of benzene rings is 2. The summed E-state index contributed by atoms with van der Waals surface area (Å²) in [6.45, 7) is 3.28. The van der Waals surface area contributed by atoms with Crippen molar-refractivity contribution in [3.8, 4) is 11.3 Å². The molecule has 3 aromatic rings. The zero-order valence-corrected chi connectivity index (χ0v) is 16.9. The quantitative estimate of drug-likeness (QED) is 0.662. The lowest BCUT2D eigenvalue weighted by molar-refractivity contribution is 0.0747. The van der Waals surface area contributed by atoms with Crippen LogP contribution < -0.4 is 4.90 Å². The number of aromatic nitrogens is 1. The average Bonchev–Trinajstić information content (AvgIpc) is 3.23. The minimum atomic E-state index is 0.0215. The van der Waals surface area contributed by atoms with Gasteiger partial charge in [-0.2, -0.15) is 0 Å². The van der Waals surface area contributed by atoms with E-state index in [-0.39, 0.29) is 19.1 Å². The van der Waals surface area contributed by atoms with Gasteiger partial charge in [-0.1, -0.05) is 42.5 Å². The van der Waals surface area contributed by atoms with Gasteiger partial charge in [0, 0.05) is 44.6 Å². The first-order chi connectivity index (χ1) is 14.7. The first kappa shape index (κ1) is 20.2. The Kier molecular flexibility index (Phi) is 6.16. The number of amides is 1. The molecule has 0 unspecified atom stereocenters. The molecule has 6 nitrogen and oxygen atoms in total. The van der Waals surface area contributed by atoms with E-state index < -0.39 is 0 Å². The lowest BCUT2D eigenvalue weighted by Crippen LogP contribution is -2.48. The van der Waals surface area contributed by atoms with E-state index in [1.807, 2.05) is 76.3 Å². The van der Waals surface area contributed by atoms with E-state index in [1.54, 1.807) is 0 Å². The monoisotopic (exact) mass is 405 g/mol. The first-order valence-corrected chi connectivity index (χ1v) is 10.3. The smallest absolute Gasteiger partial charge is 0.256 e. The van der Waals surface area contributed by atoms with Gasteiger partial charge in [0.15, 0.2) is 0 Å². The van der Waals surface area contributed by atoms with Crippen LogP contribution in [-0.4, -0.2) is 58.4 Å². The predicted molar refractivity (Wildman–Crippen MR) is 117 cm³/mol. The van der Waals surface area contributed by atoms with Crippen molar-refractivity contribution in [1.82, 2.24) is 9.47 Å². The number of hydrogen-bond donors (Lipinski definition) is 2. The van der Waals surface area contributed by atoms with Gasteiger partial charge in [0.1, 0.15) is 0 Å². The summed E-state index contributed by atoms with van der Waals surface area (Å²) in [6.07, 6.45) is 1.88. The van der Waals surface area contributed by atoms with Crippen molar-refractivity contribution < 1.29 is 15.0 Å². The van der Waals surface area contributed by atoms with E-state index in [0.717, 1.165) is 35.6 Å². The highest BCUT2D eigenvalue weighted by Gasteiger charge is 2.26. The number of rotatable bonds is 6. The van der Waals surface area contributed by atoms with Gasteiger partial charge in [-0.3, -0.25) is 4.79 Å². The maximum Gasteiger partial charge on any atom is 0.256 e. The molecule has 0 saturated carbocycles. The topological polar surface area (TPSA) is 68.9 Å². The lowest BCUT2D eigenvalue weighted by atomic mass is 10.1. The fourth-order valence-electron chi connectivity index (χ4n) is 4.05. The third-order valence-electron chi connectivity index (χ3n) is 5.61. The van der Waals surface area contributed by atoms with Crippen molar-refractivity contribution >= 4 is 11.6 Å². The highest BCUT2D eigenvalue weighted by atomic mass is 16.3. The zero-order chi connectivity index (χ0) is 20.9. The number of piperazine rings is 1. The molecule has 4 rings (SSSR count). The Bertz CT molecular complexity index is 992. The number of nitrogens with zero attached hydrogens (tertiary/aromatic N) is 3. The Morgan fingerprint density at radius 3 is 2.37 bits per heavy atom. The molecule has 0 aliphatic carbocycles. The SMILES string of the molecule is O=C(c1ccn(CCO)c1-c1ccccc1)N1CCN(c2cccc(CO)c2)CC1. The number of aliphatic hydroxyl groups excluding tert-OH is 2. The van der Waals surface area contributed by atoms with Crippen molar-refractivity contribution in [2.75, 3.05) is 37.7 Å². The summed E-state index contributed by atoms with van der Waals surface area (Å²) in [7, 11) is 0. The molecule has 6 heteroatoms. The van der Waals surface area contributed by atoms with Crippen LogP contribution in [0.4, 0.5) is 5.69 Å². The Morgan fingerprint density at radius 1 is 0.900 bits per heavy atom. The van der Waals surface area contributed by atoms with Crippen LogP contribution in [0.15, 0.2) is 66.9 Å². The van der Waals surface area contributed by atoms with Crippen LogP contribution in [-0.2, 0) is 13.2 Å². The number of hydrogen-bond acceptors (Lipinski definition) is 4. The van der Waals surface area contributed by atoms with Crippen LogP contribution in [0.1, 0.15) is 15.9 Å². The first-order valence-electron chi connectivity index (χ1n) is 10.3. The van der Waals surface area contributed by atoms with E-state index in [9.17, 15) is 15.0 Å². The molecule has 2 aromatic carbocycles. The average molecular weight is 405 g/mol. The number of carbonyl (C=O) groups excluding carboxylic acids is 1. The van der Waals surface area contributed by atoms with Crippen molar-refractivity contribution in [3.63, 3.8) is 0 Å². The van der Waals surface area contributed by atoms with Gasteiger partial charge >= 0.3 is 0 Å². The second-order valence-corrected chi connectivity index (χ2v) is 7.47. The van der Waals surface area contributed by atoms with E-state index in [4.69, 9.17) is 0 Å². The highest BCUT2D eigenvalue weighted by Crippen LogP contribution is 2.27. The zero-order valence-electron chi connectivity index (χ0n) is 16.9. The molecule has 30 heavy (non-hydrogen) atoms. The van der Waals surface area contributed by atoms with Crippen LogP contribution in [0, 0.1) is 0 Å². The van der Waals surface area contributed by atoms with Crippen LogP contribution in [0.5, 0.6) is 0 Å². The van der Waals surface area contributed by atoms with E-state index in [2.05, 4.69) is 4.90 Å². The molecular weight excluding hydrogens is 378 g/mol. The van der Waals surface area contributed by atoms with E-state index in [1.165, 1.54) is 0 Å². The van der Waals surface area contributed by atoms with E-state index in [0.29, 0.717) is 25.2 Å². The Hall–Kier alpha value is -3.09. The highest BCUT2D eigenvalue weighted by molar-refractivity contribution is 6.00. The number of anilines is 1. The van der Waals surface area contributed by atoms with Crippen LogP contribution in [0.3, 0.4) is 0 Å². The molecule has 2 N–H and O–H groups in total. The number of aliphatic hydroxyl groups is 2. The minimum Gasteiger partial charge on any atom is -0.395 e. The summed E-state index contributed by atoms with van der Waals surface area (Å²) in [5.74, 6) is 0.0225. The Balaban J connectivity index is 1.52. The second-order valence-electron chi connectivity index (χ2n) is 7.47. The molecule has 1 aromatic heterocycles. The molecule has 0 radical (unpaired) electrons. The summed E-state index contributed by atoms with van der Waals surface area (Å²) in [5.41, 5.74) is 4.47. The normalized spacial score (nSPS) is 14.2. The maximum atomic E-state index is 13.4. The molecule has 156 valence electrons. The Morgan fingerprint density at radius 2 is 1.67 bits per heavy atom. The molecular formula is C24H27N3O3. The van der Waals surface area contributed by atoms with E-state index >= 15 is 0 Å². The summed E-state index contributed by atoms with van der Waals surface area (Å²) in [6, 6.07) is 19.6. The van der Waals surface area contributed by atoms with Gasteiger partial charge in [-0.15, -0.1) is 0 Å². The third-order valence-corrected chi connectivity index (χ3v) is 5.61. The molecule has 0 atom stereocenters. The fourth-order valence-corrected chi connectivity index (χ4v) is 4.05. The van der Waals surface area contributed by atoms with Crippen molar-refractivity contribution in [2.45, 2.75) is 13.2 Å². The summed E-state index contributed by atoms with van der Waals surface area (Å²) in [4.78, 5) is 17.5. The standard InChI is InChI=1S/C24H27N3O3/c28-16-15-26-10-9-22(23(26)20-6-2-1-3-7-20)24(30)27-13-11-25(12-14-27)21-8-4-5-19(17-21)18-29/h1-10,17,28-29H,11-16,18H2. The van der Waals surface area contributed by atoms with Crippen LogP contribution in [0.25, 0.3) is 11.3 Å². The van der Waals surface area contributed by atoms with Gasteiger partial charge in [0.2, 0.25) is 0 Å². The molecule has 1 aliphatic rings. The third kappa shape index (κ3) is 4.10. The molecule has 1 aliphatic heterocycles. The summed E-state index contributed by atoms with van der Waals surface area (Å²) < 4.78 is 1.94. The lowest BCUT2D eigenvalue weighted by Gasteiger charge is -2.36. The molecule has 0 spiro atoms. The number of carbonyl (C=O) groups is 1. The molecule has 2 heterocycles.